The number of anilines is 1. The fraction of sp³-hybridized carbons (Fsp3) is 0.400. The van der Waals surface area contributed by atoms with E-state index in [-0.39, 0.29) is 5.96 Å². The molecule has 0 saturated carbocycles. The van der Waals surface area contributed by atoms with Crippen LogP contribution in [-0.4, -0.2) is 30.0 Å². The summed E-state index contributed by atoms with van der Waals surface area (Å²) in [5.74, 6) is -0.154. The second-order valence-electron chi connectivity index (χ2n) is 5.76. The van der Waals surface area contributed by atoms with Gasteiger partial charge in [0.25, 0.3) is 0 Å². The Morgan fingerprint density at radius 3 is 2.41 bits per heavy atom. The molecule has 7 nitrogen and oxygen atoms in total. The van der Waals surface area contributed by atoms with E-state index in [1.807, 2.05) is 0 Å². The van der Waals surface area contributed by atoms with Crippen LogP contribution in [-0.2, 0) is 16.0 Å². The molecule has 7 heteroatoms. The van der Waals surface area contributed by atoms with Crippen molar-refractivity contribution in [3.05, 3.63) is 29.8 Å². The summed E-state index contributed by atoms with van der Waals surface area (Å²) in [6.07, 6.45) is 1.42. The highest BCUT2D eigenvalue weighted by Crippen LogP contribution is 2.11. The van der Waals surface area contributed by atoms with E-state index in [4.69, 9.17) is 15.9 Å². The van der Waals surface area contributed by atoms with Crippen molar-refractivity contribution in [2.75, 3.05) is 5.32 Å². The lowest BCUT2D eigenvalue weighted by atomic mass is 10.1. The smallest absolute Gasteiger partial charge is 0.408 e. The van der Waals surface area contributed by atoms with E-state index in [0.29, 0.717) is 12.1 Å². The summed E-state index contributed by atoms with van der Waals surface area (Å²) in [4.78, 5) is 22.6. The number of hydrogen-bond acceptors (Lipinski definition) is 4. The molecule has 1 amide bonds. The number of hydrogen-bond donors (Lipinski definition) is 4. The summed E-state index contributed by atoms with van der Waals surface area (Å²) in [6.45, 7) is 5.23. The maximum Gasteiger partial charge on any atom is 0.408 e. The Morgan fingerprint density at radius 2 is 1.95 bits per heavy atom. The third-order valence-electron chi connectivity index (χ3n) is 2.51. The molecular weight excluding hydrogens is 284 g/mol. The van der Waals surface area contributed by atoms with Gasteiger partial charge < -0.3 is 21.1 Å². The highest BCUT2D eigenvalue weighted by molar-refractivity contribution is 5.89. The summed E-state index contributed by atoms with van der Waals surface area (Å²) in [5, 5.41) is 12.2. The Labute approximate surface area is 129 Å². The first-order valence-electron chi connectivity index (χ1n) is 6.77. The van der Waals surface area contributed by atoms with Crippen LogP contribution in [0.15, 0.2) is 24.3 Å². The first kappa shape index (κ1) is 17.5. The van der Waals surface area contributed by atoms with Crippen LogP contribution in [0.4, 0.5) is 10.5 Å². The Hall–Kier alpha value is -2.57. The fourth-order valence-electron chi connectivity index (χ4n) is 1.69. The van der Waals surface area contributed by atoms with Gasteiger partial charge in [0.15, 0.2) is 5.96 Å². The van der Waals surface area contributed by atoms with Crippen molar-refractivity contribution in [2.24, 2.45) is 5.73 Å². The van der Waals surface area contributed by atoms with E-state index in [2.05, 4.69) is 10.6 Å². The molecule has 1 unspecified atom stereocenters. The van der Waals surface area contributed by atoms with Crippen molar-refractivity contribution in [3.63, 3.8) is 0 Å². The molecule has 1 aromatic carbocycles. The second-order valence-corrected chi connectivity index (χ2v) is 5.76. The minimum absolute atomic E-state index is 0.154. The molecule has 22 heavy (non-hydrogen) atoms. The summed E-state index contributed by atoms with van der Waals surface area (Å²) < 4.78 is 5.09. The third kappa shape index (κ3) is 6.74. The normalized spacial score (nSPS) is 12.1. The maximum absolute atomic E-state index is 11.6. The largest absolute Gasteiger partial charge is 0.444 e. The lowest BCUT2D eigenvalue weighted by Crippen LogP contribution is -2.41. The van der Waals surface area contributed by atoms with E-state index in [1.54, 1.807) is 51.3 Å². The molecule has 1 aromatic rings. The summed E-state index contributed by atoms with van der Waals surface area (Å²) in [7, 11) is 0. The van der Waals surface area contributed by atoms with Gasteiger partial charge in [-0.15, -0.1) is 0 Å². The highest BCUT2D eigenvalue weighted by atomic mass is 16.6. The van der Waals surface area contributed by atoms with Crippen LogP contribution in [0, 0.1) is 5.41 Å². The van der Waals surface area contributed by atoms with Crippen molar-refractivity contribution < 1.29 is 14.3 Å². The first-order chi connectivity index (χ1) is 10.2. The molecule has 0 heterocycles. The van der Waals surface area contributed by atoms with Gasteiger partial charge in [-0.25, -0.2) is 4.79 Å². The standard InChI is InChI=1S/C15H21N4O3/c1-15(2,3)22-14(21)19-12(9-20)8-10-4-6-11(7-5-10)18-13(16)17/h4-7,12H,8H2,1-3H3,(H,19,21)(H4,16,17,18). The van der Waals surface area contributed by atoms with Crippen molar-refractivity contribution in [1.29, 1.82) is 5.41 Å². The van der Waals surface area contributed by atoms with Crippen LogP contribution in [0.25, 0.3) is 0 Å². The van der Waals surface area contributed by atoms with Crippen LogP contribution >= 0.6 is 0 Å². The maximum atomic E-state index is 11.6. The van der Waals surface area contributed by atoms with Crippen LogP contribution in [0.2, 0.25) is 0 Å². The second kappa shape index (κ2) is 7.44. The van der Waals surface area contributed by atoms with E-state index in [1.165, 1.54) is 0 Å². The number of rotatable bonds is 5. The number of nitrogens with two attached hydrogens (primary N) is 1. The molecule has 0 aliphatic carbocycles. The monoisotopic (exact) mass is 305 g/mol. The van der Waals surface area contributed by atoms with Gasteiger partial charge in [0, 0.05) is 12.1 Å². The summed E-state index contributed by atoms with van der Waals surface area (Å²) in [5.41, 5.74) is 6.10. The molecule has 1 rings (SSSR count). The van der Waals surface area contributed by atoms with E-state index < -0.39 is 17.7 Å². The fourth-order valence-corrected chi connectivity index (χ4v) is 1.69. The van der Waals surface area contributed by atoms with E-state index in [0.717, 1.165) is 5.56 Å². The van der Waals surface area contributed by atoms with Gasteiger partial charge in [-0.3, -0.25) is 10.2 Å². The topological polar surface area (TPSA) is 117 Å². The molecule has 119 valence electrons. The van der Waals surface area contributed by atoms with Gasteiger partial charge in [-0.2, -0.15) is 0 Å². The van der Waals surface area contributed by atoms with Crippen LogP contribution in [0.1, 0.15) is 26.3 Å². The summed E-state index contributed by atoms with van der Waals surface area (Å²) in [6, 6.07) is 6.21. The van der Waals surface area contributed by atoms with Gasteiger partial charge in [0.05, 0.1) is 0 Å². The quantitative estimate of drug-likeness (QED) is 0.486. The lowest BCUT2D eigenvalue weighted by molar-refractivity contribution is 0.0517. The average molecular weight is 305 g/mol. The molecule has 1 atom stereocenters. The summed E-state index contributed by atoms with van der Waals surface area (Å²) >= 11 is 0. The molecule has 0 fully saturated rings. The van der Waals surface area contributed by atoms with Crippen molar-refractivity contribution in [3.8, 4) is 0 Å². The molecule has 1 radical (unpaired) electrons. The van der Waals surface area contributed by atoms with E-state index >= 15 is 0 Å². The molecule has 0 aliphatic heterocycles. The van der Waals surface area contributed by atoms with Gasteiger partial charge in [-0.1, -0.05) is 12.1 Å². The number of benzene rings is 1. The number of guanidine groups is 1. The Morgan fingerprint density at radius 1 is 1.36 bits per heavy atom. The number of ether oxygens (including phenoxy) is 1. The van der Waals surface area contributed by atoms with E-state index in [9.17, 15) is 9.59 Å². The number of carbonyl (C=O) groups excluding carboxylic acids is 2. The molecular formula is C15H21N4O3. The Kier molecular flexibility index (Phi) is 5.91. The SMILES string of the molecule is CC(C)(C)OC(=O)NC([C]=O)Cc1ccc(NC(=N)N)cc1. The number of amides is 1. The average Bonchev–Trinajstić information content (AvgIpc) is 2.37. The van der Waals surface area contributed by atoms with Crippen molar-refractivity contribution in [1.82, 2.24) is 5.32 Å². The minimum atomic E-state index is -0.790. The predicted molar refractivity (Wildman–Crippen MR) is 84.5 cm³/mol. The van der Waals surface area contributed by atoms with Gasteiger partial charge >= 0.3 is 6.09 Å². The zero-order valence-electron chi connectivity index (χ0n) is 12.9. The molecule has 0 aromatic heterocycles. The Bertz CT molecular complexity index is 535. The zero-order valence-corrected chi connectivity index (χ0v) is 12.9. The molecule has 5 N–H and O–H groups in total. The van der Waals surface area contributed by atoms with Crippen LogP contribution in [0.3, 0.4) is 0 Å². The zero-order chi connectivity index (χ0) is 16.8. The number of nitrogens with one attached hydrogen (secondary N) is 3. The molecule has 0 aliphatic rings. The minimum Gasteiger partial charge on any atom is -0.444 e. The van der Waals surface area contributed by atoms with Crippen LogP contribution in [0.5, 0.6) is 0 Å². The van der Waals surface area contributed by atoms with Crippen molar-refractivity contribution >= 4 is 24.0 Å². The number of carbonyl (C=O) groups is 1. The molecule has 0 bridgehead atoms. The lowest BCUT2D eigenvalue weighted by Gasteiger charge is -2.21. The first-order valence-corrected chi connectivity index (χ1v) is 6.77. The van der Waals surface area contributed by atoms with Gasteiger partial charge in [0.1, 0.15) is 11.6 Å². The molecule has 0 spiro atoms. The Balaban J connectivity index is 2.60. The van der Waals surface area contributed by atoms with Crippen molar-refractivity contribution in [2.45, 2.75) is 38.8 Å². The molecule has 0 saturated heterocycles. The van der Waals surface area contributed by atoms with Gasteiger partial charge in [0.2, 0.25) is 6.29 Å². The van der Waals surface area contributed by atoms with Gasteiger partial charge in [-0.05, 0) is 38.5 Å². The number of alkyl carbamates (subject to hydrolysis) is 1. The highest BCUT2D eigenvalue weighted by Gasteiger charge is 2.19. The predicted octanol–water partition coefficient (Wildman–Crippen LogP) is 1.54. The third-order valence-corrected chi connectivity index (χ3v) is 2.51. The van der Waals surface area contributed by atoms with Crippen LogP contribution < -0.4 is 16.4 Å².